The van der Waals surface area contributed by atoms with Crippen molar-refractivity contribution in [1.29, 1.82) is 0 Å². The summed E-state index contributed by atoms with van der Waals surface area (Å²) in [7, 11) is 0. The van der Waals surface area contributed by atoms with Crippen LogP contribution < -0.4 is 10.5 Å². The minimum atomic E-state index is 0.485. The lowest BCUT2D eigenvalue weighted by Crippen LogP contribution is -2.03. The summed E-state index contributed by atoms with van der Waals surface area (Å²) in [6.45, 7) is 1.08. The number of aryl methyl sites for hydroxylation is 2. The van der Waals surface area contributed by atoms with E-state index in [-0.39, 0.29) is 0 Å². The molecule has 0 atom stereocenters. The largest absolute Gasteiger partial charge is 0.489 e. The molecule has 0 fully saturated rings. The lowest BCUT2D eigenvalue weighted by molar-refractivity contribution is 0.303. The van der Waals surface area contributed by atoms with E-state index in [2.05, 4.69) is 34.1 Å². The Labute approximate surface area is 128 Å². The van der Waals surface area contributed by atoms with Crippen LogP contribution in [0.4, 0.5) is 0 Å². The van der Waals surface area contributed by atoms with Crippen LogP contribution in [-0.4, -0.2) is 0 Å². The Balaban J connectivity index is 1.73. The predicted molar refractivity (Wildman–Crippen MR) is 84.8 cm³/mol. The Kier molecular flexibility index (Phi) is 4.08. The van der Waals surface area contributed by atoms with Crippen molar-refractivity contribution in [2.45, 2.75) is 32.4 Å². The molecule has 1 aliphatic rings. The molecule has 2 nitrogen and oxygen atoms in total. The zero-order chi connectivity index (χ0) is 13.9. The number of ether oxygens (including phenoxy) is 1. The minimum Gasteiger partial charge on any atom is -0.489 e. The Hall–Kier alpha value is -1.32. The van der Waals surface area contributed by atoms with Crippen LogP contribution in [0.25, 0.3) is 0 Å². The van der Waals surface area contributed by atoms with Gasteiger partial charge in [0.1, 0.15) is 12.4 Å². The lowest BCUT2D eigenvalue weighted by atomic mass is 10.1. The number of hydrogen-bond acceptors (Lipinski definition) is 2. The fourth-order valence-electron chi connectivity index (χ4n) is 2.72. The summed E-state index contributed by atoms with van der Waals surface area (Å²) in [5, 5.41) is 0. The van der Waals surface area contributed by atoms with Crippen molar-refractivity contribution in [3.05, 3.63) is 63.1 Å². The van der Waals surface area contributed by atoms with Crippen molar-refractivity contribution in [2.24, 2.45) is 5.73 Å². The van der Waals surface area contributed by atoms with Crippen molar-refractivity contribution in [3.63, 3.8) is 0 Å². The standard InChI is InChI=1S/C17H18BrNO/c18-16-6-7-17(15(9-16)10-19)20-11-12-4-5-13-2-1-3-14(13)8-12/h4-9H,1-3,10-11,19H2. The molecule has 0 heterocycles. The molecular weight excluding hydrogens is 314 g/mol. The number of halogens is 1. The lowest BCUT2D eigenvalue weighted by Gasteiger charge is -2.11. The number of benzene rings is 2. The number of nitrogens with two attached hydrogens (primary N) is 1. The third-order valence-corrected chi connectivity index (χ3v) is 4.29. The van der Waals surface area contributed by atoms with Gasteiger partial charge in [0.15, 0.2) is 0 Å². The van der Waals surface area contributed by atoms with Gasteiger partial charge in [0.05, 0.1) is 0 Å². The molecule has 2 N–H and O–H groups in total. The highest BCUT2D eigenvalue weighted by Gasteiger charge is 2.11. The first-order chi connectivity index (χ1) is 9.76. The molecule has 0 bridgehead atoms. The molecule has 3 rings (SSSR count). The van der Waals surface area contributed by atoms with Gasteiger partial charge in [-0.3, -0.25) is 0 Å². The third kappa shape index (κ3) is 2.89. The second kappa shape index (κ2) is 5.98. The first-order valence-electron chi connectivity index (χ1n) is 6.98. The number of rotatable bonds is 4. The summed E-state index contributed by atoms with van der Waals surface area (Å²) in [6, 6.07) is 12.7. The summed E-state index contributed by atoms with van der Waals surface area (Å²) < 4.78 is 6.96. The van der Waals surface area contributed by atoms with E-state index in [4.69, 9.17) is 10.5 Å². The average Bonchev–Trinajstić information content (AvgIpc) is 2.93. The molecular formula is C17H18BrNO. The van der Waals surface area contributed by atoms with E-state index in [0.717, 1.165) is 15.8 Å². The highest BCUT2D eigenvalue weighted by atomic mass is 79.9. The van der Waals surface area contributed by atoms with Gasteiger partial charge in [-0.25, -0.2) is 0 Å². The Morgan fingerprint density at radius 2 is 1.90 bits per heavy atom. The molecule has 0 aliphatic heterocycles. The molecule has 1 aliphatic carbocycles. The molecule has 0 amide bonds. The summed E-state index contributed by atoms with van der Waals surface area (Å²) in [5.74, 6) is 0.871. The molecule has 2 aromatic rings. The van der Waals surface area contributed by atoms with Crippen LogP contribution in [0.3, 0.4) is 0 Å². The van der Waals surface area contributed by atoms with Crippen molar-refractivity contribution in [1.82, 2.24) is 0 Å². The number of fused-ring (bicyclic) bond motifs is 1. The second-order valence-corrected chi connectivity index (χ2v) is 6.12. The Bertz CT molecular complexity index is 624. The topological polar surface area (TPSA) is 35.2 Å². The smallest absolute Gasteiger partial charge is 0.124 e. The summed E-state index contributed by atoms with van der Waals surface area (Å²) in [5.41, 5.74) is 11.0. The highest BCUT2D eigenvalue weighted by molar-refractivity contribution is 9.10. The van der Waals surface area contributed by atoms with Gasteiger partial charge in [-0.2, -0.15) is 0 Å². The quantitative estimate of drug-likeness (QED) is 0.919. The van der Waals surface area contributed by atoms with Crippen LogP contribution in [0.15, 0.2) is 40.9 Å². The molecule has 3 heteroatoms. The third-order valence-electron chi connectivity index (χ3n) is 3.80. The molecule has 0 saturated heterocycles. The molecule has 0 radical (unpaired) electrons. The Morgan fingerprint density at radius 1 is 1.05 bits per heavy atom. The first kappa shape index (κ1) is 13.7. The maximum absolute atomic E-state index is 5.93. The van der Waals surface area contributed by atoms with E-state index in [1.165, 1.54) is 36.0 Å². The minimum absolute atomic E-state index is 0.485. The van der Waals surface area contributed by atoms with Crippen LogP contribution in [0.1, 0.15) is 28.7 Å². The number of hydrogen-bond donors (Lipinski definition) is 1. The molecule has 0 spiro atoms. The predicted octanol–water partition coefficient (Wildman–Crippen LogP) is 3.98. The maximum Gasteiger partial charge on any atom is 0.124 e. The summed E-state index contributed by atoms with van der Waals surface area (Å²) in [6.07, 6.45) is 3.71. The van der Waals surface area contributed by atoms with Gasteiger partial charge in [0.2, 0.25) is 0 Å². The normalized spacial score (nSPS) is 13.3. The first-order valence-corrected chi connectivity index (χ1v) is 7.77. The highest BCUT2D eigenvalue weighted by Crippen LogP contribution is 2.26. The van der Waals surface area contributed by atoms with Crippen molar-refractivity contribution < 1.29 is 4.74 Å². The zero-order valence-corrected chi connectivity index (χ0v) is 12.9. The van der Waals surface area contributed by atoms with E-state index in [0.29, 0.717) is 13.2 Å². The van der Waals surface area contributed by atoms with Crippen LogP contribution >= 0.6 is 15.9 Å². The van der Waals surface area contributed by atoms with Gasteiger partial charge in [0, 0.05) is 16.6 Å². The van der Waals surface area contributed by atoms with Gasteiger partial charge in [-0.1, -0.05) is 34.1 Å². The molecule has 104 valence electrons. The molecule has 0 unspecified atom stereocenters. The monoisotopic (exact) mass is 331 g/mol. The van der Waals surface area contributed by atoms with Crippen molar-refractivity contribution in [3.8, 4) is 5.75 Å². The fourth-order valence-corrected chi connectivity index (χ4v) is 3.13. The van der Waals surface area contributed by atoms with Crippen LogP contribution in [0.5, 0.6) is 5.75 Å². The summed E-state index contributed by atoms with van der Waals surface area (Å²) in [4.78, 5) is 0. The molecule has 0 aromatic heterocycles. The Morgan fingerprint density at radius 3 is 2.75 bits per heavy atom. The van der Waals surface area contributed by atoms with Crippen LogP contribution in [0.2, 0.25) is 0 Å². The average molecular weight is 332 g/mol. The van der Waals surface area contributed by atoms with Crippen molar-refractivity contribution >= 4 is 15.9 Å². The van der Waals surface area contributed by atoms with E-state index in [9.17, 15) is 0 Å². The second-order valence-electron chi connectivity index (χ2n) is 5.20. The molecule has 2 aromatic carbocycles. The van der Waals surface area contributed by atoms with Gasteiger partial charge < -0.3 is 10.5 Å². The zero-order valence-electron chi connectivity index (χ0n) is 11.4. The van der Waals surface area contributed by atoms with Gasteiger partial charge in [-0.15, -0.1) is 0 Å². The molecule has 20 heavy (non-hydrogen) atoms. The van der Waals surface area contributed by atoms with Crippen molar-refractivity contribution in [2.75, 3.05) is 0 Å². The SMILES string of the molecule is NCc1cc(Br)ccc1OCc1ccc2c(c1)CCC2. The summed E-state index contributed by atoms with van der Waals surface area (Å²) >= 11 is 3.46. The fraction of sp³-hybridized carbons (Fsp3) is 0.294. The van der Waals surface area contributed by atoms with E-state index >= 15 is 0 Å². The van der Waals surface area contributed by atoms with Gasteiger partial charge in [-0.05, 0) is 54.2 Å². The van der Waals surface area contributed by atoms with Gasteiger partial charge >= 0.3 is 0 Å². The van der Waals surface area contributed by atoms with E-state index < -0.39 is 0 Å². The van der Waals surface area contributed by atoms with E-state index in [1.807, 2.05) is 18.2 Å². The van der Waals surface area contributed by atoms with Gasteiger partial charge in [0.25, 0.3) is 0 Å². The maximum atomic E-state index is 5.93. The van der Waals surface area contributed by atoms with E-state index in [1.54, 1.807) is 0 Å². The van der Waals surface area contributed by atoms with Crippen LogP contribution in [0, 0.1) is 0 Å². The van der Waals surface area contributed by atoms with Crippen LogP contribution in [-0.2, 0) is 26.0 Å². The molecule has 0 saturated carbocycles.